The fourth-order valence-electron chi connectivity index (χ4n) is 1.81. The zero-order valence-electron chi connectivity index (χ0n) is 9.94. The second kappa shape index (κ2) is 6.23. The van der Waals surface area contributed by atoms with Gasteiger partial charge in [0.15, 0.2) is 0 Å². The predicted octanol–water partition coefficient (Wildman–Crippen LogP) is 3.60. The fourth-order valence-corrected chi connectivity index (χ4v) is 2.11. The van der Waals surface area contributed by atoms with Gasteiger partial charge in [0.1, 0.15) is 5.82 Å². The number of rotatable bonds is 5. The summed E-state index contributed by atoms with van der Waals surface area (Å²) < 4.78 is 2.11. The van der Waals surface area contributed by atoms with Gasteiger partial charge in [-0.15, -0.1) is 0 Å². The normalized spacial score (nSPS) is 10.8. The van der Waals surface area contributed by atoms with Crippen LogP contribution in [0.3, 0.4) is 0 Å². The van der Waals surface area contributed by atoms with Gasteiger partial charge in [-0.2, -0.15) is 0 Å². The zero-order valence-corrected chi connectivity index (χ0v) is 11.5. The molecule has 0 saturated heterocycles. The number of unbranched alkanes of at least 4 members (excludes halogenated alkanes) is 1. The lowest BCUT2D eigenvalue weighted by Gasteiger charge is -2.08. The van der Waals surface area contributed by atoms with Gasteiger partial charge in [0.05, 0.1) is 10.0 Å². The highest BCUT2D eigenvalue weighted by Gasteiger charge is 2.07. The van der Waals surface area contributed by atoms with Crippen molar-refractivity contribution in [2.45, 2.75) is 19.4 Å². The molecule has 0 spiro atoms. The van der Waals surface area contributed by atoms with Crippen LogP contribution in [-0.2, 0) is 6.54 Å². The van der Waals surface area contributed by atoms with Gasteiger partial charge in [0.25, 0.3) is 0 Å². The van der Waals surface area contributed by atoms with Gasteiger partial charge in [-0.3, -0.25) is 0 Å². The topological polar surface area (TPSA) is 43.8 Å². The minimum Gasteiger partial charge on any atom is -0.331 e. The van der Waals surface area contributed by atoms with Gasteiger partial charge in [0, 0.05) is 24.5 Å². The van der Waals surface area contributed by atoms with Gasteiger partial charge < -0.3 is 10.3 Å². The molecule has 1 aromatic heterocycles. The highest BCUT2D eigenvalue weighted by atomic mass is 35.5. The number of aromatic nitrogens is 2. The minimum atomic E-state index is 0.547. The number of aryl methyl sites for hydroxylation is 1. The monoisotopic (exact) mass is 283 g/mol. The Labute approximate surface area is 117 Å². The summed E-state index contributed by atoms with van der Waals surface area (Å²) in [6, 6.07) is 5.56. The third kappa shape index (κ3) is 3.05. The Bertz CT molecular complexity index is 523. The van der Waals surface area contributed by atoms with Crippen LogP contribution in [0, 0.1) is 0 Å². The molecule has 0 unspecified atom stereocenters. The van der Waals surface area contributed by atoms with Gasteiger partial charge in [-0.25, -0.2) is 4.98 Å². The quantitative estimate of drug-likeness (QED) is 0.852. The van der Waals surface area contributed by atoms with E-state index in [1.807, 2.05) is 18.3 Å². The van der Waals surface area contributed by atoms with Crippen molar-refractivity contribution in [3.8, 4) is 11.4 Å². The van der Waals surface area contributed by atoms with Crippen molar-refractivity contribution in [1.82, 2.24) is 9.55 Å². The molecule has 0 aliphatic heterocycles. The lowest BCUT2D eigenvalue weighted by molar-refractivity contribution is 0.619. The van der Waals surface area contributed by atoms with Crippen molar-refractivity contribution >= 4 is 23.2 Å². The van der Waals surface area contributed by atoms with Crippen LogP contribution in [-0.4, -0.2) is 16.1 Å². The van der Waals surface area contributed by atoms with Crippen LogP contribution in [0.2, 0.25) is 10.0 Å². The van der Waals surface area contributed by atoms with Crippen molar-refractivity contribution in [2.24, 2.45) is 5.73 Å². The Hall–Kier alpha value is -1.03. The molecule has 0 saturated carbocycles. The average molecular weight is 284 g/mol. The van der Waals surface area contributed by atoms with Crippen LogP contribution in [0.15, 0.2) is 30.6 Å². The maximum absolute atomic E-state index is 6.02. The Morgan fingerprint density at radius 3 is 2.72 bits per heavy atom. The molecule has 1 heterocycles. The molecule has 0 fully saturated rings. The summed E-state index contributed by atoms with van der Waals surface area (Å²) in [5, 5.41) is 1.10. The number of hydrogen-bond donors (Lipinski definition) is 1. The Morgan fingerprint density at radius 2 is 2.00 bits per heavy atom. The van der Waals surface area contributed by atoms with Crippen LogP contribution in [0.5, 0.6) is 0 Å². The number of nitrogens with two attached hydrogens (primary N) is 1. The van der Waals surface area contributed by atoms with Crippen LogP contribution in [0.1, 0.15) is 12.8 Å². The minimum absolute atomic E-state index is 0.547. The van der Waals surface area contributed by atoms with Gasteiger partial charge in [-0.1, -0.05) is 23.2 Å². The zero-order chi connectivity index (χ0) is 13.0. The molecule has 96 valence electrons. The molecule has 0 radical (unpaired) electrons. The summed E-state index contributed by atoms with van der Waals surface area (Å²) in [7, 11) is 0. The first-order valence-corrected chi connectivity index (χ1v) is 6.64. The van der Waals surface area contributed by atoms with Gasteiger partial charge in [0.2, 0.25) is 0 Å². The second-order valence-corrected chi connectivity index (χ2v) is 4.88. The van der Waals surface area contributed by atoms with Crippen LogP contribution in [0.25, 0.3) is 11.4 Å². The van der Waals surface area contributed by atoms with E-state index in [0.717, 1.165) is 37.3 Å². The Kier molecular flexibility index (Phi) is 4.64. The third-order valence-electron chi connectivity index (χ3n) is 2.75. The van der Waals surface area contributed by atoms with E-state index in [9.17, 15) is 0 Å². The molecule has 18 heavy (non-hydrogen) atoms. The smallest absolute Gasteiger partial charge is 0.139 e. The number of imidazole rings is 1. The first kappa shape index (κ1) is 13.4. The molecule has 0 bridgehead atoms. The van der Waals surface area contributed by atoms with Crippen molar-refractivity contribution in [3.05, 3.63) is 40.6 Å². The van der Waals surface area contributed by atoms with E-state index >= 15 is 0 Å². The lowest BCUT2D eigenvalue weighted by Crippen LogP contribution is -2.04. The van der Waals surface area contributed by atoms with E-state index in [-0.39, 0.29) is 0 Å². The first-order chi connectivity index (χ1) is 8.72. The number of halogens is 2. The van der Waals surface area contributed by atoms with E-state index in [1.54, 1.807) is 12.3 Å². The van der Waals surface area contributed by atoms with Crippen molar-refractivity contribution < 1.29 is 0 Å². The number of hydrogen-bond acceptors (Lipinski definition) is 2. The van der Waals surface area contributed by atoms with Crippen LogP contribution < -0.4 is 5.73 Å². The van der Waals surface area contributed by atoms with Crippen molar-refractivity contribution in [2.75, 3.05) is 6.54 Å². The molecule has 0 aliphatic rings. The fraction of sp³-hybridized carbons (Fsp3) is 0.308. The largest absolute Gasteiger partial charge is 0.331 e. The molecule has 0 amide bonds. The maximum atomic E-state index is 6.02. The Morgan fingerprint density at radius 1 is 1.17 bits per heavy atom. The third-order valence-corrected chi connectivity index (χ3v) is 3.49. The molecular weight excluding hydrogens is 269 g/mol. The summed E-state index contributed by atoms with van der Waals surface area (Å²) in [6.45, 7) is 1.63. The summed E-state index contributed by atoms with van der Waals surface area (Å²) in [4.78, 5) is 4.37. The molecule has 2 aromatic rings. The molecule has 2 N–H and O–H groups in total. The second-order valence-electron chi connectivity index (χ2n) is 4.07. The lowest BCUT2D eigenvalue weighted by atomic mass is 10.2. The molecule has 3 nitrogen and oxygen atoms in total. The van der Waals surface area contributed by atoms with E-state index < -0.39 is 0 Å². The maximum Gasteiger partial charge on any atom is 0.139 e. The Balaban J connectivity index is 2.22. The van der Waals surface area contributed by atoms with Gasteiger partial charge in [-0.05, 0) is 37.6 Å². The summed E-state index contributed by atoms with van der Waals surface area (Å²) in [5.41, 5.74) is 6.47. The van der Waals surface area contributed by atoms with Crippen molar-refractivity contribution in [3.63, 3.8) is 0 Å². The number of benzene rings is 1. The molecule has 0 aliphatic carbocycles. The molecule has 1 aromatic carbocycles. The molecule has 0 atom stereocenters. The van der Waals surface area contributed by atoms with Crippen molar-refractivity contribution in [1.29, 1.82) is 0 Å². The summed E-state index contributed by atoms with van der Waals surface area (Å²) in [5.74, 6) is 0.908. The first-order valence-electron chi connectivity index (χ1n) is 5.89. The molecule has 2 rings (SSSR count). The SMILES string of the molecule is NCCCCn1ccnc1-c1ccc(Cl)c(Cl)c1. The molecular formula is C13H15Cl2N3. The van der Waals surface area contributed by atoms with Crippen LogP contribution in [0.4, 0.5) is 0 Å². The summed E-state index contributed by atoms with van der Waals surface area (Å²) in [6.07, 6.45) is 5.81. The standard InChI is InChI=1S/C13H15Cl2N3/c14-11-4-3-10(9-12(11)15)13-17-6-8-18(13)7-2-1-5-16/h3-4,6,8-9H,1-2,5,7,16H2. The predicted molar refractivity (Wildman–Crippen MR) is 76.0 cm³/mol. The summed E-state index contributed by atoms with van der Waals surface area (Å²) >= 11 is 11.9. The highest BCUT2D eigenvalue weighted by molar-refractivity contribution is 6.42. The number of nitrogens with zero attached hydrogens (tertiary/aromatic N) is 2. The van der Waals surface area contributed by atoms with E-state index in [0.29, 0.717) is 10.0 Å². The van der Waals surface area contributed by atoms with E-state index in [2.05, 4.69) is 9.55 Å². The van der Waals surface area contributed by atoms with E-state index in [1.165, 1.54) is 0 Å². The van der Waals surface area contributed by atoms with Crippen LogP contribution >= 0.6 is 23.2 Å². The van der Waals surface area contributed by atoms with E-state index in [4.69, 9.17) is 28.9 Å². The van der Waals surface area contributed by atoms with Gasteiger partial charge >= 0.3 is 0 Å². The highest BCUT2D eigenvalue weighted by Crippen LogP contribution is 2.27. The molecule has 5 heteroatoms. The average Bonchev–Trinajstić information content (AvgIpc) is 2.81.